The van der Waals surface area contributed by atoms with Gasteiger partial charge in [0.1, 0.15) is 0 Å². The van der Waals surface area contributed by atoms with Crippen molar-refractivity contribution in [3.8, 4) is 0 Å². The van der Waals surface area contributed by atoms with E-state index in [-0.39, 0.29) is 6.10 Å². The number of para-hydroxylation sites is 1. The van der Waals surface area contributed by atoms with E-state index in [9.17, 15) is 5.11 Å². The number of anilines is 1. The summed E-state index contributed by atoms with van der Waals surface area (Å²) in [5, 5.41) is 10.4. The zero-order valence-corrected chi connectivity index (χ0v) is 10.8. The highest BCUT2D eigenvalue weighted by Gasteiger charge is 2.28. The third kappa shape index (κ3) is 2.57. The van der Waals surface area contributed by atoms with Crippen LogP contribution in [0, 0.1) is 5.92 Å². The quantitative estimate of drug-likeness (QED) is 0.868. The number of aliphatic hydroxyl groups excluding tert-OH is 1. The molecule has 3 N–H and O–H groups in total. The molecule has 1 aliphatic rings. The Labute approximate surface area is 107 Å². The van der Waals surface area contributed by atoms with Crippen molar-refractivity contribution in [1.29, 1.82) is 0 Å². The summed E-state index contributed by atoms with van der Waals surface area (Å²) in [5.41, 5.74) is 7.86. The van der Waals surface area contributed by atoms with E-state index < -0.39 is 0 Å². The van der Waals surface area contributed by atoms with Gasteiger partial charge in [-0.05, 0) is 25.0 Å². The van der Waals surface area contributed by atoms with Crippen molar-refractivity contribution >= 4 is 17.3 Å². The Morgan fingerprint density at radius 1 is 1.59 bits per heavy atom. The molecule has 0 aliphatic carbocycles. The number of hydrogen-bond donors (Lipinski definition) is 2. The van der Waals surface area contributed by atoms with Crippen LogP contribution in [0.2, 0.25) is 5.02 Å². The molecule has 0 spiro atoms. The third-order valence-corrected chi connectivity index (χ3v) is 3.82. The molecule has 0 bridgehead atoms. The molecule has 0 aromatic heterocycles. The maximum absolute atomic E-state index is 9.63. The Balaban J connectivity index is 2.24. The highest BCUT2D eigenvalue weighted by atomic mass is 35.5. The van der Waals surface area contributed by atoms with Gasteiger partial charge in [0, 0.05) is 25.6 Å². The van der Waals surface area contributed by atoms with Gasteiger partial charge in [0.25, 0.3) is 0 Å². The lowest BCUT2D eigenvalue weighted by molar-refractivity contribution is 0.136. The zero-order chi connectivity index (χ0) is 12.4. The summed E-state index contributed by atoms with van der Waals surface area (Å²) in [4.78, 5) is 2.24. The highest BCUT2D eigenvalue weighted by molar-refractivity contribution is 6.33. The van der Waals surface area contributed by atoms with Crippen molar-refractivity contribution in [2.45, 2.75) is 26.0 Å². The van der Waals surface area contributed by atoms with Crippen LogP contribution in [0.15, 0.2) is 18.2 Å². The molecule has 4 heteroatoms. The third-order valence-electron chi connectivity index (χ3n) is 3.51. The molecule has 0 saturated carbocycles. The molecule has 1 aromatic carbocycles. The fourth-order valence-corrected chi connectivity index (χ4v) is 2.78. The molecule has 3 nitrogen and oxygen atoms in total. The summed E-state index contributed by atoms with van der Waals surface area (Å²) < 4.78 is 0. The summed E-state index contributed by atoms with van der Waals surface area (Å²) >= 11 is 6.26. The number of halogens is 1. The molecule has 2 atom stereocenters. The Morgan fingerprint density at radius 2 is 2.35 bits per heavy atom. The van der Waals surface area contributed by atoms with Crippen LogP contribution in [-0.2, 0) is 6.54 Å². The Bertz CT molecular complexity index is 395. The van der Waals surface area contributed by atoms with Crippen molar-refractivity contribution in [3.63, 3.8) is 0 Å². The van der Waals surface area contributed by atoms with Crippen molar-refractivity contribution in [2.24, 2.45) is 11.7 Å². The number of hydrogen-bond acceptors (Lipinski definition) is 3. The molecule has 1 aromatic rings. The zero-order valence-electron chi connectivity index (χ0n) is 10.1. The van der Waals surface area contributed by atoms with E-state index in [1.807, 2.05) is 25.1 Å². The number of nitrogens with zero attached hydrogens (tertiary/aromatic N) is 1. The molecule has 0 radical (unpaired) electrons. The maximum atomic E-state index is 9.63. The van der Waals surface area contributed by atoms with Crippen LogP contribution >= 0.6 is 11.6 Å². The molecule has 94 valence electrons. The molecule has 1 heterocycles. The van der Waals surface area contributed by atoms with Gasteiger partial charge < -0.3 is 15.7 Å². The Morgan fingerprint density at radius 3 is 2.94 bits per heavy atom. The average molecular weight is 255 g/mol. The minimum Gasteiger partial charge on any atom is -0.393 e. The second-order valence-corrected chi connectivity index (χ2v) is 5.09. The van der Waals surface area contributed by atoms with E-state index in [1.165, 1.54) is 0 Å². The number of benzene rings is 1. The van der Waals surface area contributed by atoms with Gasteiger partial charge in [0.05, 0.1) is 16.8 Å². The lowest BCUT2D eigenvalue weighted by atomic mass is 10.0. The lowest BCUT2D eigenvalue weighted by Gasteiger charge is -2.23. The number of rotatable bonds is 3. The van der Waals surface area contributed by atoms with Gasteiger partial charge in [-0.1, -0.05) is 23.7 Å². The first-order valence-corrected chi connectivity index (χ1v) is 6.41. The molecule has 17 heavy (non-hydrogen) atoms. The molecule has 0 amide bonds. The predicted molar refractivity (Wildman–Crippen MR) is 71.3 cm³/mol. The van der Waals surface area contributed by atoms with Crippen molar-refractivity contribution < 1.29 is 5.11 Å². The van der Waals surface area contributed by atoms with E-state index in [4.69, 9.17) is 17.3 Å². The minimum absolute atomic E-state index is 0.260. The molecule has 1 saturated heterocycles. The van der Waals surface area contributed by atoms with Gasteiger partial charge in [-0.15, -0.1) is 0 Å². The van der Waals surface area contributed by atoms with Gasteiger partial charge in [0.2, 0.25) is 0 Å². The van der Waals surface area contributed by atoms with Gasteiger partial charge in [0.15, 0.2) is 0 Å². The number of aliphatic hydroxyl groups is 1. The lowest BCUT2D eigenvalue weighted by Crippen LogP contribution is -2.25. The molecular weight excluding hydrogens is 236 g/mol. The monoisotopic (exact) mass is 254 g/mol. The van der Waals surface area contributed by atoms with E-state index in [1.54, 1.807) is 0 Å². The second kappa shape index (κ2) is 5.25. The minimum atomic E-state index is -0.260. The van der Waals surface area contributed by atoms with Crippen molar-refractivity contribution in [3.05, 3.63) is 28.8 Å². The first-order chi connectivity index (χ1) is 8.13. The topological polar surface area (TPSA) is 49.5 Å². The highest BCUT2D eigenvalue weighted by Crippen LogP contribution is 2.34. The standard InChI is InChI=1S/C13H19ClN2O/c1-9(17)11-5-6-16(8-11)13-10(7-15)3-2-4-12(13)14/h2-4,9,11,17H,5-8,15H2,1H3. The Hall–Kier alpha value is -0.770. The largest absolute Gasteiger partial charge is 0.393 e. The molecule has 1 fully saturated rings. The fraction of sp³-hybridized carbons (Fsp3) is 0.538. The van der Waals surface area contributed by atoms with Gasteiger partial charge in [-0.3, -0.25) is 0 Å². The van der Waals surface area contributed by atoms with E-state index in [2.05, 4.69) is 4.90 Å². The van der Waals surface area contributed by atoms with Crippen LogP contribution in [0.25, 0.3) is 0 Å². The smallest absolute Gasteiger partial charge is 0.0642 e. The first kappa shape index (κ1) is 12.7. The van der Waals surface area contributed by atoms with Gasteiger partial charge in [-0.25, -0.2) is 0 Å². The SMILES string of the molecule is CC(O)C1CCN(c2c(Cl)cccc2CN)C1. The Kier molecular flexibility index (Phi) is 3.92. The van der Waals surface area contributed by atoms with Gasteiger partial charge >= 0.3 is 0 Å². The summed E-state index contributed by atoms with van der Waals surface area (Å²) in [6.45, 7) is 4.14. The van der Waals surface area contributed by atoms with Crippen LogP contribution in [0.1, 0.15) is 18.9 Å². The average Bonchev–Trinajstić information content (AvgIpc) is 2.77. The normalized spacial score (nSPS) is 21.9. The van der Waals surface area contributed by atoms with E-state index in [0.717, 1.165) is 35.8 Å². The van der Waals surface area contributed by atoms with E-state index >= 15 is 0 Å². The van der Waals surface area contributed by atoms with Gasteiger partial charge in [-0.2, -0.15) is 0 Å². The molecule has 1 aliphatic heterocycles. The first-order valence-electron chi connectivity index (χ1n) is 6.04. The molecule has 2 unspecified atom stereocenters. The predicted octanol–water partition coefficient (Wildman–Crippen LogP) is 2.01. The fourth-order valence-electron chi connectivity index (χ4n) is 2.46. The maximum Gasteiger partial charge on any atom is 0.0642 e. The molecule has 2 rings (SSSR count). The second-order valence-electron chi connectivity index (χ2n) is 4.69. The summed E-state index contributed by atoms with van der Waals surface area (Å²) in [7, 11) is 0. The van der Waals surface area contributed by atoms with Crippen LogP contribution in [-0.4, -0.2) is 24.3 Å². The van der Waals surface area contributed by atoms with Crippen LogP contribution in [0.3, 0.4) is 0 Å². The molecular formula is C13H19ClN2O. The summed E-state index contributed by atoms with van der Waals surface area (Å²) in [6.07, 6.45) is 0.746. The van der Waals surface area contributed by atoms with E-state index in [0.29, 0.717) is 12.5 Å². The number of nitrogens with two attached hydrogens (primary N) is 1. The van der Waals surface area contributed by atoms with Crippen LogP contribution < -0.4 is 10.6 Å². The van der Waals surface area contributed by atoms with Crippen molar-refractivity contribution in [2.75, 3.05) is 18.0 Å². The van der Waals surface area contributed by atoms with Crippen LogP contribution in [0.4, 0.5) is 5.69 Å². The summed E-state index contributed by atoms with van der Waals surface area (Å²) in [5.74, 6) is 0.330. The summed E-state index contributed by atoms with van der Waals surface area (Å²) in [6, 6.07) is 5.83. The van der Waals surface area contributed by atoms with Crippen molar-refractivity contribution in [1.82, 2.24) is 0 Å². The van der Waals surface area contributed by atoms with Crippen LogP contribution in [0.5, 0.6) is 0 Å².